The van der Waals surface area contributed by atoms with Gasteiger partial charge in [0.1, 0.15) is 11.8 Å². The van der Waals surface area contributed by atoms with Crippen LogP contribution in [0.15, 0.2) is 36.5 Å². The van der Waals surface area contributed by atoms with Crippen molar-refractivity contribution in [2.75, 3.05) is 0 Å². The second-order valence-electron chi connectivity index (χ2n) is 4.12. The number of nitriles is 1. The fourth-order valence-electron chi connectivity index (χ4n) is 1.79. The molecule has 0 amide bonds. The van der Waals surface area contributed by atoms with Crippen LogP contribution in [0.2, 0.25) is 0 Å². The number of nitrogens with one attached hydrogen (secondary N) is 2. The predicted molar refractivity (Wildman–Crippen MR) is 68.4 cm³/mol. The first kappa shape index (κ1) is 12.4. The first-order valence-electron chi connectivity index (χ1n) is 5.78. The van der Waals surface area contributed by atoms with Crippen molar-refractivity contribution in [3.8, 4) is 6.07 Å². The molecule has 0 atom stereocenters. The SMILES string of the molecule is N#Cc1cc(CNCc2cccc(CO)c2)c[nH]1. The maximum Gasteiger partial charge on any atom is 0.117 e. The summed E-state index contributed by atoms with van der Waals surface area (Å²) in [5, 5.41) is 21.0. The van der Waals surface area contributed by atoms with E-state index in [4.69, 9.17) is 10.4 Å². The Morgan fingerprint density at radius 2 is 1.94 bits per heavy atom. The molecule has 0 spiro atoms. The minimum atomic E-state index is 0.0666. The van der Waals surface area contributed by atoms with Gasteiger partial charge in [0.2, 0.25) is 0 Å². The Kier molecular flexibility index (Phi) is 4.13. The van der Waals surface area contributed by atoms with E-state index in [0.717, 1.165) is 23.2 Å². The lowest BCUT2D eigenvalue weighted by Gasteiger charge is -2.05. The minimum Gasteiger partial charge on any atom is -0.392 e. The highest BCUT2D eigenvalue weighted by Crippen LogP contribution is 2.06. The quantitative estimate of drug-likeness (QED) is 0.745. The summed E-state index contributed by atoms with van der Waals surface area (Å²) in [7, 11) is 0. The Labute approximate surface area is 106 Å². The number of aromatic nitrogens is 1. The van der Waals surface area contributed by atoms with Crippen LogP contribution in [-0.4, -0.2) is 10.1 Å². The Balaban J connectivity index is 1.86. The first-order valence-corrected chi connectivity index (χ1v) is 5.78. The maximum atomic E-state index is 9.04. The molecule has 0 unspecified atom stereocenters. The van der Waals surface area contributed by atoms with E-state index in [1.165, 1.54) is 0 Å². The van der Waals surface area contributed by atoms with E-state index in [0.29, 0.717) is 12.2 Å². The molecule has 1 aromatic carbocycles. The Hall–Kier alpha value is -2.09. The van der Waals surface area contributed by atoms with Crippen molar-refractivity contribution in [1.82, 2.24) is 10.3 Å². The van der Waals surface area contributed by atoms with Gasteiger partial charge in [0.05, 0.1) is 6.61 Å². The van der Waals surface area contributed by atoms with Gasteiger partial charge in [-0.05, 0) is 22.8 Å². The largest absolute Gasteiger partial charge is 0.392 e. The van der Waals surface area contributed by atoms with E-state index in [-0.39, 0.29) is 6.61 Å². The van der Waals surface area contributed by atoms with Gasteiger partial charge in [-0.3, -0.25) is 0 Å². The van der Waals surface area contributed by atoms with Crippen molar-refractivity contribution in [2.45, 2.75) is 19.7 Å². The molecule has 2 aromatic rings. The fraction of sp³-hybridized carbons (Fsp3) is 0.214. The summed E-state index contributed by atoms with van der Waals surface area (Å²) >= 11 is 0. The molecular weight excluding hydrogens is 226 g/mol. The van der Waals surface area contributed by atoms with Crippen molar-refractivity contribution < 1.29 is 5.11 Å². The zero-order valence-corrected chi connectivity index (χ0v) is 9.98. The molecule has 3 N–H and O–H groups in total. The van der Waals surface area contributed by atoms with Gasteiger partial charge in [-0.1, -0.05) is 24.3 Å². The van der Waals surface area contributed by atoms with E-state index in [1.807, 2.05) is 36.5 Å². The third kappa shape index (κ3) is 3.20. The van der Waals surface area contributed by atoms with E-state index < -0.39 is 0 Å². The molecule has 2 rings (SSSR count). The molecule has 4 heteroatoms. The predicted octanol–water partition coefficient (Wildman–Crippen LogP) is 1.67. The number of rotatable bonds is 5. The third-order valence-corrected chi connectivity index (χ3v) is 2.70. The van der Waals surface area contributed by atoms with Gasteiger partial charge in [0.15, 0.2) is 0 Å². The van der Waals surface area contributed by atoms with E-state index in [9.17, 15) is 0 Å². The molecule has 1 heterocycles. The normalized spacial score (nSPS) is 10.2. The number of H-pyrrole nitrogens is 1. The topological polar surface area (TPSA) is 71.8 Å². The fourth-order valence-corrected chi connectivity index (χ4v) is 1.79. The highest BCUT2D eigenvalue weighted by molar-refractivity contribution is 5.26. The number of nitrogens with zero attached hydrogens (tertiary/aromatic N) is 1. The summed E-state index contributed by atoms with van der Waals surface area (Å²) in [6.45, 7) is 1.51. The van der Waals surface area contributed by atoms with E-state index >= 15 is 0 Å². The van der Waals surface area contributed by atoms with Crippen molar-refractivity contribution in [2.24, 2.45) is 0 Å². The Morgan fingerprint density at radius 1 is 1.17 bits per heavy atom. The lowest BCUT2D eigenvalue weighted by molar-refractivity contribution is 0.281. The number of hydrogen-bond acceptors (Lipinski definition) is 3. The summed E-state index contributed by atoms with van der Waals surface area (Å²) in [5.74, 6) is 0. The first-order chi connectivity index (χ1) is 8.81. The standard InChI is InChI=1S/C14H15N3O/c15-6-14-5-13(9-17-14)8-16-7-11-2-1-3-12(4-11)10-18/h1-5,9,16-18H,7-8,10H2. The molecule has 0 aliphatic heterocycles. The lowest BCUT2D eigenvalue weighted by atomic mass is 10.1. The molecule has 0 aliphatic rings. The molecule has 0 saturated carbocycles. The van der Waals surface area contributed by atoms with Gasteiger partial charge in [0.25, 0.3) is 0 Å². The average molecular weight is 241 g/mol. The highest BCUT2D eigenvalue weighted by Gasteiger charge is 1.99. The van der Waals surface area contributed by atoms with Crippen LogP contribution in [0.5, 0.6) is 0 Å². The van der Waals surface area contributed by atoms with Crippen LogP contribution in [0.25, 0.3) is 0 Å². The second kappa shape index (κ2) is 6.01. The van der Waals surface area contributed by atoms with Gasteiger partial charge in [0, 0.05) is 19.3 Å². The Morgan fingerprint density at radius 3 is 2.67 bits per heavy atom. The molecule has 0 bridgehead atoms. The molecule has 0 radical (unpaired) electrons. The monoisotopic (exact) mass is 241 g/mol. The summed E-state index contributed by atoms with van der Waals surface area (Å²) in [4.78, 5) is 2.89. The smallest absolute Gasteiger partial charge is 0.117 e. The second-order valence-corrected chi connectivity index (χ2v) is 4.12. The lowest BCUT2D eigenvalue weighted by Crippen LogP contribution is -2.12. The molecule has 18 heavy (non-hydrogen) atoms. The summed E-state index contributed by atoms with van der Waals surface area (Å²) in [5.41, 5.74) is 3.69. The van der Waals surface area contributed by atoms with Crippen LogP contribution in [0.3, 0.4) is 0 Å². The molecule has 92 valence electrons. The van der Waals surface area contributed by atoms with Gasteiger partial charge >= 0.3 is 0 Å². The van der Waals surface area contributed by atoms with Crippen LogP contribution in [0, 0.1) is 11.3 Å². The van der Waals surface area contributed by atoms with Crippen LogP contribution in [-0.2, 0) is 19.7 Å². The number of aliphatic hydroxyl groups is 1. The molecule has 1 aromatic heterocycles. The van der Waals surface area contributed by atoms with Crippen LogP contribution in [0.4, 0.5) is 0 Å². The average Bonchev–Trinajstić information content (AvgIpc) is 2.87. The van der Waals surface area contributed by atoms with Gasteiger partial charge < -0.3 is 15.4 Å². The zero-order chi connectivity index (χ0) is 12.8. The molecule has 0 saturated heterocycles. The third-order valence-electron chi connectivity index (χ3n) is 2.70. The van der Waals surface area contributed by atoms with Gasteiger partial charge in [-0.25, -0.2) is 0 Å². The summed E-state index contributed by atoms with van der Waals surface area (Å²) < 4.78 is 0. The van der Waals surface area contributed by atoms with Crippen LogP contribution in [0.1, 0.15) is 22.4 Å². The molecular formula is C14H15N3O. The molecule has 0 fully saturated rings. The van der Waals surface area contributed by atoms with Crippen molar-refractivity contribution in [1.29, 1.82) is 5.26 Å². The van der Waals surface area contributed by atoms with E-state index in [2.05, 4.69) is 16.4 Å². The van der Waals surface area contributed by atoms with Crippen molar-refractivity contribution in [3.63, 3.8) is 0 Å². The highest BCUT2D eigenvalue weighted by atomic mass is 16.3. The number of aromatic amines is 1. The summed E-state index contributed by atoms with van der Waals surface area (Å²) in [6, 6.07) is 11.7. The van der Waals surface area contributed by atoms with Crippen LogP contribution >= 0.6 is 0 Å². The maximum absolute atomic E-state index is 9.04. The minimum absolute atomic E-state index is 0.0666. The van der Waals surface area contributed by atoms with E-state index in [1.54, 1.807) is 0 Å². The number of aliphatic hydroxyl groups excluding tert-OH is 1. The molecule has 4 nitrogen and oxygen atoms in total. The van der Waals surface area contributed by atoms with Crippen molar-refractivity contribution in [3.05, 3.63) is 58.9 Å². The summed E-state index contributed by atoms with van der Waals surface area (Å²) in [6.07, 6.45) is 1.83. The van der Waals surface area contributed by atoms with Gasteiger partial charge in [-0.2, -0.15) is 5.26 Å². The van der Waals surface area contributed by atoms with Crippen LogP contribution < -0.4 is 5.32 Å². The number of hydrogen-bond donors (Lipinski definition) is 3. The zero-order valence-electron chi connectivity index (χ0n) is 9.98. The molecule has 0 aliphatic carbocycles. The Bertz CT molecular complexity index is 554. The van der Waals surface area contributed by atoms with Crippen molar-refractivity contribution >= 4 is 0 Å². The number of benzene rings is 1. The van der Waals surface area contributed by atoms with Gasteiger partial charge in [-0.15, -0.1) is 0 Å².